The maximum absolute atomic E-state index is 3.36. The molecule has 3 fully saturated rings. The minimum absolute atomic E-state index is 1.05. The van der Waals surface area contributed by atoms with Crippen LogP contribution in [0.25, 0.3) is 0 Å². The van der Waals surface area contributed by atoms with Crippen molar-refractivity contribution in [1.82, 2.24) is 0 Å². The van der Waals surface area contributed by atoms with E-state index in [1.807, 2.05) is 6.92 Å². The zero-order valence-electron chi connectivity index (χ0n) is 12.1. The first-order valence-corrected chi connectivity index (χ1v) is 7.85. The Bertz CT molecular complexity index is 182. The van der Waals surface area contributed by atoms with Gasteiger partial charge in [-0.3, -0.25) is 0 Å². The van der Waals surface area contributed by atoms with Gasteiger partial charge < -0.3 is 0 Å². The molecule has 0 nitrogen and oxygen atoms in total. The highest BCUT2D eigenvalue weighted by molar-refractivity contribution is 4.83. The molecule has 0 N–H and O–H groups in total. The first-order valence-electron chi connectivity index (χ1n) is 7.85. The van der Waals surface area contributed by atoms with E-state index in [-0.39, 0.29) is 0 Å². The molecule has 2 atom stereocenters. The minimum atomic E-state index is 1.05. The zero-order chi connectivity index (χ0) is 12.5. The monoisotopic (exact) mass is 236 g/mol. The summed E-state index contributed by atoms with van der Waals surface area (Å²) < 4.78 is 0. The molecule has 3 saturated carbocycles. The van der Waals surface area contributed by atoms with Crippen molar-refractivity contribution in [2.75, 3.05) is 0 Å². The van der Waals surface area contributed by atoms with E-state index in [0.717, 1.165) is 17.8 Å². The molecule has 0 aromatic rings. The quantitative estimate of drug-likeness (QED) is 0.492. The summed E-state index contributed by atoms with van der Waals surface area (Å²) in [5.74, 6) is 3.35. The molecule has 0 heteroatoms. The number of hydrogen-bond donors (Lipinski definition) is 0. The van der Waals surface area contributed by atoms with Gasteiger partial charge in [-0.15, -0.1) is 6.58 Å². The van der Waals surface area contributed by atoms with Gasteiger partial charge in [-0.25, -0.2) is 0 Å². The summed E-state index contributed by atoms with van der Waals surface area (Å²) in [4.78, 5) is 0. The van der Waals surface area contributed by atoms with Gasteiger partial charge in [0.2, 0.25) is 0 Å². The molecular formula is C17H32. The van der Waals surface area contributed by atoms with E-state index < -0.39 is 0 Å². The third-order valence-electron chi connectivity index (χ3n) is 4.55. The smallest absolute Gasteiger partial charge is 0.0383 e. The van der Waals surface area contributed by atoms with Crippen LogP contribution in [0.2, 0.25) is 0 Å². The highest BCUT2D eigenvalue weighted by atomic mass is 14.4. The first-order chi connectivity index (χ1) is 8.27. The molecular weight excluding hydrogens is 204 g/mol. The summed E-state index contributed by atoms with van der Waals surface area (Å²) in [6.45, 7) is 7.67. The van der Waals surface area contributed by atoms with Crippen molar-refractivity contribution < 1.29 is 0 Å². The normalized spacial score (nSPS) is 30.9. The molecule has 3 rings (SSSR count). The third-order valence-corrected chi connectivity index (χ3v) is 4.55. The first kappa shape index (κ1) is 14.8. The van der Waals surface area contributed by atoms with E-state index in [0.29, 0.717) is 0 Å². The van der Waals surface area contributed by atoms with Crippen LogP contribution >= 0.6 is 0 Å². The van der Waals surface area contributed by atoms with Gasteiger partial charge in [0.15, 0.2) is 0 Å². The SMILES string of the molecule is C1CCC1.C=CC.CC1CCC(C2CCC2)C1. The van der Waals surface area contributed by atoms with E-state index in [4.69, 9.17) is 0 Å². The van der Waals surface area contributed by atoms with Gasteiger partial charge in [0.1, 0.15) is 0 Å². The average molecular weight is 236 g/mol. The second-order valence-corrected chi connectivity index (χ2v) is 6.19. The number of rotatable bonds is 1. The van der Waals surface area contributed by atoms with Crippen LogP contribution < -0.4 is 0 Å². The van der Waals surface area contributed by atoms with Crippen LogP contribution in [0, 0.1) is 17.8 Å². The second kappa shape index (κ2) is 8.78. The fourth-order valence-corrected chi connectivity index (χ4v) is 2.84. The molecule has 0 aliphatic heterocycles. The lowest BCUT2D eigenvalue weighted by Crippen LogP contribution is -2.19. The molecule has 0 bridgehead atoms. The highest BCUT2D eigenvalue weighted by Gasteiger charge is 2.31. The van der Waals surface area contributed by atoms with E-state index in [1.54, 1.807) is 31.8 Å². The van der Waals surface area contributed by atoms with Crippen LogP contribution in [-0.2, 0) is 0 Å². The van der Waals surface area contributed by atoms with Crippen molar-refractivity contribution in [2.24, 2.45) is 17.8 Å². The summed E-state index contributed by atoms with van der Waals surface area (Å²) in [6.07, 6.45) is 17.0. The molecule has 3 aliphatic carbocycles. The van der Waals surface area contributed by atoms with Crippen molar-refractivity contribution in [1.29, 1.82) is 0 Å². The molecule has 100 valence electrons. The summed E-state index contributed by atoms with van der Waals surface area (Å²) in [6, 6.07) is 0. The summed E-state index contributed by atoms with van der Waals surface area (Å²) in [5.41, 5.74) is 0. The van der Waals surface area contributed by atoms with Crippen molar-refractivity contribution >= 4 is 0 Å². The zero-order valence-corrected chi connectivity index (χ0v) is 12.1. The topological polar surface area (TPSA) is 0 Å². The van der Waals surface area contributed by atoms with Crippen LogP contribution in [0.3, 0.4) is 0 Å². The van der Waals surface area contributed by atoms with Crippen molar-refractivity contribution in [2.45, 2.75) is 78.1 Å². The lowest BCUT2D eigenvalue weighted by Gasteiger charge is -2.31. The van der Waals surface area contributed by atoms with Crippen molar-refractivity contribution in [3.8, 4) is 0 Å². The third kappa shape index (κ3) is 5.75. The molecule has 0 heterocycles. The van der Waals surface area contributed by atoms with Gasteiger partial charge in [0.05, 0.1) is 0 Å². The molecule has 0 spiro atoms. The van der Waals surface area contributed by atoms with Gasteiger partial charge in [0.25, 0.3) is 0 Å². The Balaban J connectivity index is 0.000000172. The Labute approximate surface area is 109 Å². The minimum Gasteiger partial charge on any atom is -0.103 e. The summed E-state index contributed by atoms with van der Waals surface area (Å²) >= 11 is 0. The van der Waals surface area contributed by atoms with Gasteiger partial charge in [-0.1, -0.05) is 64.4 Å². The van der Waals surface area contributed by atoms with E-state index in [2.05, 4.69) is 13.5 Å². The van der Waals surface area contributed by atoms with Crippen LogP contribution in [-0.4, -0.2) is 0 Å². The van der Waals surface area contributed by atoms with Gasteiger partial charge in [-0.2, -0.15) is 0 Å². The molecule has 0 aromatic carbocycles. The Morgan fingerprint density at radius 1 is 0.824 bits per heavy atom. The maximum Gasteiger partial charge on any atom is -0.0383 e. The van der Waals surface area contributed by atoms with Crippen LogP contribution in [0.5, 0.6) is 0 Å². The van der Waals surface area contributed by atoms with Gasteiger partial charge >= 0.3 is 0 Å². The van der Waals surface area contributed by atoms with E-state index >= 15 is 0 Å². The number of allylic oxidation sites excluding steroid dienone is 1. The summed E-state index contributed by atoms with van der Waals surface area (Å²) in [5, 5.41) is 0. The standard InChI is InChI=1S/C10H18.C4H8.C3H6/c1-8-5-6-10(7-8)9-3-2-4-9;1-2-4-3-1;1-3-2/h8-10H,2-7H2,1H3;1-4H2;3H,1H2,2H3. The molecule has 0 aromatic heterocycles. The molecule has 17 heavy (non-hydrogen) atoms. The average Bonchev–Trinajstić information content (AvgIpc) is 2.46. The predicted octanol–water partition coefficient (Wildman–Crippen LogP) is 5.98. The van der Waals surface area contributed by atoms with Gasteiger partial charge in [0, 0.05) is 0 Å². The Morgan fingerprint density at radius 2 is 1.35 bits per heavy atom. The second-order valence-electron chi connectivity index (χ2n) is 6.19. The molecule has 0 radical (unpaired) electrons. The van der Waals surface area contributed by atoms with Crippen LogP contribution in [0.4, 0.5) is 0 Å². The van der Waals surface area contributed by atoms with Crippen LogP contribution in [0.15, 0.2) is 12.7 Å². The highest BCUT2D eigenvalue weighted by Crippen LogP contribution is 2.43. The van der Waals surface area contributed by atoms with Crippen molar-refractivity contribution in [3.63, 3.8) is 0 Å². The van der Waals surface area contributed by atoms with E-state index in [1.165, 1.54) is 38.5 Å². The number of hydrogen-bond acceptors (Lipinski definition) is 0. The molecule has 0 saturated heterocycles. The predicted molar refractivity (Wildman–Crippen MR) is 78.2 cm³/mol. The largest absolute Gasteiger partial charge is 0.103 e. The van der Waals surface area contributed by atoms with Crippen molar-refractivity contribution in [3.05, 3.63) is 12.7 Å². The lowest BCUT2D eigenvalue weighted by atomic mass is 9.75. The Morgan fingerprint density at radius 3 is 1.59 bits per heavy atom. The molecule has 2 unspecified atom stereocenters. The molecule has 0 amide bonds. The van der Waals surface area contributed by atoms with Crippen LogP contribution in [0.1, 0.15) is 78.1 Å². The van der Waals surface area contributed by atoms with E-state index in [9.17, 15) is 0 Å². The fraction of sp³-hybridized carbons (Fsp3) is 0.882. The van der Waals surface area contributed by atoms with Gasteiger partial charge in [-0.05, 0) is 37.5 Å². The Hall–Kier alpha value is -0.260. The fourth-order valence-electron chi connectivity index (χ4n) is 2.84. The summed E-state index contributed by atoms with van der Waals surface area (Å²) in [7, 11) is 0. The molecule has 3 aliphatic rings. The maximum atomic E-state index is 3.36. The lowest BCUT2D eigenvalue weighted by molar-refractivity contribution is 0.206. The Kier molecular flexibility index (Phi) is 7.64.